The molecule has 0 saturated heterocycles. The molecule has 36 valence electrons. The molecule has 1 aromatic carbocycles. The molecule has 0 amide bonds. The molecule has 0 aliphatic heterocycles. The molecule has 0 unspecified atom stereocenters. The summed E-state index contributed by atoms with van der Waals surface area (Å²) in [5, 5.41) is 0. The second-order valence-corrected chi connectivity index (χ2v) is 1.78. The van der Waals surface area contributed by atoms with E-state index in [9.17, 15) is 0 Å². The molecule has 0 N–H and O–H groups in total. The molecule has 0 fully saturated rings. The van der Waals surface area contributed by atoms with Crippen molar-refractivity contribution in [3.63, 3.8) is 0 Å². The van der Waals surface area contributed by atoms with Gasteiger partial charge >= 0.3 is 68.9 Å². The smallest absolute Gasteiger partial charge is 0.780 e. The zero-order chi connectivity index (χ0) is 5.11. The molecule has 2 heteroatoms. The Morgan fingerprint density at radius 2 is 1.50 bits per heavy atom. The van der Waals surface area contributed by atoms with Crippen LogP contribution in [-0.4, -0.2) is 0 Å². The topological polar surface area (TPSA) is 0 Å². The molecule has 0 radical (unpaired) electrons. The molecule has 0 spiro atoms. The molecule has 0 atom stereocenters. The molecule has 8 heavy (non-hydrogen) atoms. The third-order valence-corrected chi connectivity index (χ3v) is 1.02. The predicted molar refractivity (Wildman–Crippen MR) is 32.1 cm³/mol. The maximum absolute atomic E-state index is 4.81. The first-order valence-electron chi connectivity index (χ1n) is 2.11. The van der Waals surface area contributed by atoms with Crippen LogP contribution in [0.25, 0.3) is 0 Å². The van der Waals surface area contributed by atoms with Crippen LogP contribution >= 0.6 is 0 Å². The quantitative estimate of drug-likeness (QED) is 0.504. The molecule has 0 heterocycles. The summed E-state index contributed by atoms with van der Waals surface area (Å²) in [6, 6.07) is 9.62. The van der Waals surface area contributed by atoms with Crippen molar-refractivity contribution >= 4 is 12.6 Å². The summed E-state index contributed by atoms with van der Waals surface area (Å²) in [7, 11) is 0. The van der Waals surface area contributed by atoms with Crippen LogP contribution in [0.4, 0.5) is 0 Å². The fourth-order valence-electron chi connectivity index (χ4n) is 0.420. The molecule has 1 aromatic rings. The average molecular weight is 242 g/mol. The van der Waals surface area contributed by atoms with Crippen molar-refractivity contribution in [3.05, 3.63) is 30.3 Å². The number of benzene rings is 1. The van der Waals surface area contributed by atoms with E-state index in [2.05, 4.69) is 0 Å². The van der Waals surface area contributed by atoms with E-state index < -0.39 is 0 Å². The van der Waals surface area contributed by atoms with Crippen molar-refractivity contribution in [3.8, 4) is 0 Å². The zero-order valence-electron chi connectivity index (χ0n) is 4.79. The molecular formula is C6H5CsS. The predicted octanol–water partition coefficient (Wildman–Crippen LogP) is -1.40. The largest absolute Gasteiger partial charge is 1.00 e. The Labute approximate surface area is 114 Å². The SMILES string of the molecule is [Cs+].[S-]c1ccccc1. The molecular weight excluding hydrogens is 237 g/mol. The Morgan fingerprint density at radius 3 is 1.75 bits per heavy atom. The van der Waals surface area contributed by atoms with Gasteiger partial charge in [0.15, 0.2) is 0 Å². The minimum Gasteiger partial charge on any atom is -0.780 e. The molecule has 0 saturated carbocycles. The van der Waals surface area contributed by atoms with Crippen molar-refractivity contribution in [1.82, 2.24) is 0 Å². The van der Waals surface area contributed by atoms with Crippen LogP contribution in [0, 0.1) is 0 Å². The van der Waals surface area contributed by atoms with Crippen LogP contribution in [0.3, 0.4) is 0 Å². The van der Waals surface area contributed by atoms with Crippen LogP contribution in [-0.2, 0) is 12.6 Å². The van der Waals surface area contributed by atoms with Gasteiger partial charge in [-0.05, 0) is 0 Å². The first-order valence-corrected chi connectivity index (χ1v) is 2.52. The second-order valence-electron chi connectivity index (χ2n) is 1.31. The Bertz CT molecular complexity index is 138. The van der Waals surface area contributed by atoms with Crippen LogP contribution < -0.4 is 68.9 Å². The minimum absolute atomic E-state index is 0. The summed E-state index contributed by atoms with van der Waals surface area (Å²) in [6.45, 7) is 0. The Morgan fingerprint density at radius 1 is 1.00 bits per heavy atom. The molecule has 0 aromatic heterocycles. The van der Waals surface area contributed by atoms with Crippen molar-refractivity contribution in [2.24, 2.45) is 0 Å². The van der Waals surface area contributed by atoms with Crippen LogP contribution in [0.15, 0.2) is 35.2 Å². The zero-order valence-corrected chi connectivity index (χ0v) is 11.9. The number of hydrogen-bond acceptors (Lipinski definition) is 1. The fraction of sp³-hybridized carbons (Fsp3) is 0. The monoisotopic (exact) mass is 242 g/mol. The van der Waals surface area contributed by atoms with E-state index in [1.807, 2.05) is 30.3 Å². The molecule has 0 nitrogen and oxygen atoms in total. The van der Waals surface area contributed by atoms with E-state index in [0.29, 0.717) is 0 Å². The summed E-state index contributed by atoms with van der Waals surface area (Å²) in [4.78, 5) is 0.905. The summed E-state index contributed by atoms with van der Waals surface area (Å²) >= 11 is 4.81. The first kappa shape index (κ1) is 9.49. The summed E-state index contributed by atoms with van der Waals surface area (Å²) in [5.74, 6) is 0. The summed E-state index contributed by atoms with van der Waals surface area (Å²) in [6.07, 6.45) is 0. The van der Waals surface area contributed by atoms with Gasteiger partial charge in [0, 0.05) is 0 Å². The summed E-state index contributed by atoms with van der Waals surface area (Å²) in [5.41, 5.74) is 0. The van der Waals surface area contributed by atoms with Crippen molar-refractivity contribution in [2.75, 3.05) is 0 Å². The van der Waals surface area contributed by atoms with Crippen LogP contribution in [0.5, 0.6) is 0 Å². The van der Waals surface area contributed by atoms with E-state index in [1.165, 1.54) is 0 Å². The van der Waals surface area contributed by atoms with Gasteiger partial charge in [-0.15, -0.1) is 0 Å². The van der Waals surface area contributed by atoms with E-state index in [-0.39, 0.29) is 68.9 Å². The Balaban J connectivity index is 0.000000490. The maximum Gasteiger partial charge on any atom is 1.00 e. The van der Waals surface area contributed by atoms with Gasteiger partial charge in [-0.25, -0.2) is 0 Å². The van der Waals surface area contributed by atoms with E-state index >= 15 is 0 Å². The average Bonchev–Trinajstić information content (AvgIpc) is 1.69. The van der Waals surface area contributed by atoms with Gasteiger partial charge in [0.2, 0.25) is 0 Å². The maximum atomic E-state index is 4.81. The number of hydrogen-bond donors (Lipinski definition) is 0. The van der Waals surface area contributed by atoms with Crippen molar-refractivity contribution in [2.45, 2.75) is 4.90 Å². The van der Waals surface area contributed by atoms with Gasteiger partial charge < -0.3 is 12.6 Å². The summed E-state index contributed by atoms with van der Waals surface area (Å²) < 4.78 is 0. The minimum atomic E-state index is 0. The van der Waals surface area contributed by atoms with Crippen LogP contribution in [0.1, 0.15) is 0 Å². The normalized spacial score (nSPS) is 7.50. The molecule has 0 aliphatic carbocycles. The third kappa shape index (κ3) is 3.50. The molecule has 0 bridgehead atoms. The van der Waals surface area contributed by atoms with E-state index in [4.69, 9.17) is 12.6 Å². The second kappa shape index (κ2) is 5.29. The Kier molecular flexibility index (Phi) is 6.28. The molecule has 0 aliphatic rings. The van der Waals surface area contributed by atoms with E-state index in [1.54, 1.807) is 0 Å². The van der Waals surface area contributed by atoms with Crippen LogP contribution in [0.2, 0.25) is 0 Å². The first-order chi connectivity index (χ1) is 3.39. The Hall–Kier alpha value is 1.49. The molecule has 1 rings (SSSR count). The van der Waals surface area contributed by atoms with E-state index in [0.717, 1.165) is 4.90 Å². The third-order valence-electron chi connectivity index (χ3n) is 0.743. The standard InChI is InChI=1S/C6H6S.Cs/c7-6-4-2-1-3-5-6;/h1-5,7H;/q;+1/p-1. The van der Waals surface area contributed by atoms with Gasteiger partial charge in [0.1, 0.15) is 0 Å². The number of rotatable bonds is 0. The fourth-order valence-corrected chi connectivity index (χ4v) is 0.578. The van der Waals surface area contributed by atoms with Gasteiger partial charge in [-0.1, -0.05) is 30.3 Å². The van der Waals surface area contributed by atoms with Gasteiger partial charge in [-0.3, -0.25) is 0 Å². The van der Waals surface area contributed by atoms with Gasteiger partial charge in [0.25, 0.3) is 0 Å². The van der Waals surface area contributed by atoms with Crippen molar-refractivity contribution in [1.29, 1.82) is 0 Å². The van der Waals surface area contributed by atoms with Crippen molar-refractivity contribution < 1.29 is 68.9 Å². The van der Waals surface area contributed by atoms with Gasteiger partial charge in [-0.2, -0.15) is 4.90 Å². The van der Waals surface area contributed by atoms with Gasteiger partial charge in [0.05, 0.1) is 0 Å².